The van der Waals surface area contributed by atoms with Crippen molar-refractivity contribution in [3.63, 3.8) is 0 Å². The van der Waals surface area contributed by atoms with E-state index in [1.165, 1.54) is 25.3 Å². The van der Waals surface area contributed by atoms with Gasteiger partial charge in [-0.2, -0.15) is 0 Å². The molecular formula is C16H16N4O4. The number of fused-ring (bicyclic) bond motifs is 1. The molecule has 1 unspecified atom stereocenters. The summed E-state index contributed by atoms with van der Waals surface area (Å²) in [6.07, 6.45) is 0.830. The number of carbonyl (C=O) groups is 1. The van der Waals surface area contributed by atoms with Crippen molar-refractivity contribution in [3.8, 4) is 5.75 Å². The molecule has 0 fully saturated rings. The molecule has 0 saturated heterocycles. The zero-order chi connectivity index (χ0) is 17.3. The second-order valence-electron chi connectivity index (χ2n) is 5.51. The third kappa shape index (κ3) is 2.42. The van der Waals surface area contributed by atoms with E-state index in [-0.39, 0.29) is 5.69 Å². The predicted octanol–water partition coefficient (Wildman–Crippen LogP) is 2.69. The van der Waals surface area contributed by atoms with Crippen LogP contribution in [0.25, 0.3) is 0 Å². The molecule has 1 heterocycles. The van der Waals surface area contributed by atoms with Gasteiger partial charge in [-0.15, -0.1) is 5.12 Å². The van der Waals surface area contributed by atoms with E-state index in [2.05, 4.69) is 10.9 Å². The molecule has 1 atom stereocenters. The molecule has 3 rings (SSSR count). The van der Waals surface area contributed by atoms with Gasteiger partial charge in [-0.05, 0) is 19.1 Å². The zero-order valence-corrected chi connectivity index (χ0v) is 13.1. The molecule has 0 saturated carbocycles. The highest BCUT2D eigenvalue weighted by atomic mass is 16.6. The highest BCUT2D eigenvalue weighted by Gasteiger charge is 2.42. The maximum Gasteiger partial charge on any atom is 0.273 e. The summed E-state index contributed by atoms with van der Waals surface area (Å²) in [4.78, 5) is 22.1. The second kappa shape index (κ2) is 5.82. The summed E-state index contributed by atoms with van der Waals surface area (Å²) in [5.41, 5.74) is 7.29. The molecule has 1 aliphatic heterocycles. The highest BCUT2D eigenvalue weighted by molar-refractivity contribution is 5.77. The van der Waals surface area contributed by atoms with E-state index < -0.39 is 10.5 Å². The smallest absolute Gasteiger partial charge is 0.273 e. The van der Waals surface area contributed by atoms with Crippen LogP contribution in [0.15, 0.2) is 42.5 Å². The van der Waals surface area contributed by atoms with Gasteiger partial charge in [-0.1, -0.05) is 18.2 Å². The van der Waals surface area contributed by atoms with Crippen LogP contribution in [0.2, 0.25) is 0 Å². The number of nitro groups is 1. The van der Waals surface area contributed by atoms with Gasteiger partial charge in [0.05, 0.1) is 29.5 Å². The molecule has 24 heavy (non-hydrogen) atoms. The van der Waals surface area contributed by atoms with Crippen LogP contribution >= 0.6 is 0 Å². The number of nitro benzene ring substituents is 1. The Kier molecular flexibility index (Phi) is 3.82. The number of nitrogens with zero attached hydrogens (tertiary/aromatic N) is 2. The summed E-state index contributed by atoms with van der Waals surface area (Å²) in [5.74, 6) is 0.301. The van der Waals surface area contributed by atoms with Gasteiger partial charge >= 0.3 is 0 Å². The van der Waals surface area contributed by atoms with Crippen molar-refractivity contribution in [1.29, 1.82) is 0 Å². The third-order valence-corrected chi connectivity index (χ3v) is 4.03. The van der Waals surface area contributed by atoms with E-state index in [4.69, 9.17) is 4.74 Å². The van der Waals surface area contributed by atoms with Crippen LogP contribution < -0.4 is 15.6 Å². The molecule has 8 nitrogen and oxygen atoms in total. The molecule has 2 aromatic rings. The lowest BCUT2D eigenvalue weighted by molar-refractivity contribution is -0.384. The van der Waals surface area contributed by atoms with Crippen molar-refractivity contribution in [1.82, 2.24) is 5.12 Å². The quantitative estimate of drug-likeness (QED) is 0.495. The highest BCUT2D eigenvalue weighted by Crippen LogP contribution is 2.40. The van der Waals surface area contributed by atoms with Gasteiger partial charge < -0.3 is 9.53 Å². The number of non-ortho nitro benzene ring substituents is 1. The average Bonchev–Trinajstić information content (AvgIpc) is 2.88. The minimum Gasteiger partial charge on any atom is -0.494 e. The van der Waals surface area contributed by atoms with Crippen LogP contribution in [0, 0.1) is 10.1 Å². The minimum absolute atomic E-state index is 0.0757. The Morgan fingerprint density at radius 2 is 2.08 bits per heavy atom. The summed E-state index contributed by atoms with van der Waals surface area (Å²) >= 11 is 0. The molecule has 0 amide bonds. The van der Waals surface area contributed by atoms with Gasteiger partial charge in [0.15, 0.2) is 0 Å². The molecule has 2 N–H and O–H groups in total. The van der Waals surface area contributed by atoms with Crippen LogP contribution in [0.4, 0.5) is 17.1 Å². The molecule has 1 aliphatic rings. The Morgan fingerprint density at radius 1 is 1.33 bits per heavy atom. The molecule has 0 aromatic heterocycles. The lowest BCUT2D eigenvalue weighted by Crippen LogP contribution is -2.46. The number of hydrogen-bond acceptors (Lipinski definition) is 7. The number of nitrogens with one attached hydrogen (secondary N) is 2. The predicted molar refractivity (Wildman–Crippen MR) is 88.6 cm³/mol. The maximum atomic E-state index is 11.7. The summed E-state index contributed by atoms with van der Waals surface area (Å²) in [6, 6.07) is 11.7. The lowest BCUT2D eigenvalue weighted by Gasteiger charge is -2.31. The number of aldehydes is 1. The first-order valence-electron chi connectivity index (χ1n) is 7.21. The Morgan fingerprint density at radius 3 is 2.75 bits per heavy atom. The van der Waals surface area contributed by atoms with Gasteiger partial charge in [-0.3, -0.25) is 21.0 Å². The van der Waals surface area contributed by atoms with E-state index in [1.54, 1.807) is 12.0 Å². The zero-order valence-electron chi connectivity index (χ0n) is 13.1. The minimum atomic E-state index is -0.941. The van der Waals surface area contributed by atoms with Crippen LogP contribution in [0.1, 0.15) is 12.5 Å². The first kappa shape index (κ1) is 15.8. The van der Waals surface area contributed by atoms with Crippen LogP contribution in [-0.2, 0) is 10.3 Å². The first-order chi connectivity index (χ1) is 11.5. The third-order valence-electron chi connectivity index (χ3n) is 4.03. The van der Waals surface area contributed by atoms with Gasteiger partial charge in [0.2, 0.25) is 0 Å². The van der Waals surface area contributed by atoms with Crippen molar-refractivity contribution in [3.05, 3.63) is 58.1 Å². The van der Waals surface area contributed by atoms with Crippen LogP contribution in [0.5, 0.6) is 5.75 Å². The lowest BCUT2D eigenvalue weighted by atomic mass is 9.94. The van der Waals surface area contributed by atoms with Crippen molar-refractivity contribution in [2.45, 2.75) is 12.5 Å². The van der Waals surface area contributed by atoms with Gasteiger partial charge in [-0.25, -0.2) is 0 Å². The standard InChI is InChI=1S/C16H16N4O4/c1-16(10-21)12-5-3-4-6-13(12)17-20(16)18-14-8-7-11(19(22)23)9-15(14)24-2/h3-10,17-18H,1-2H3. The molecule has 124 valence electrons. The Bertz CT molecular complexity index is 810. The topological polar surface area (TPSA) is 96.7 Å². The number of ether oxygens (including phenoxy) is 1. The maximum absolute atomic E-state index is 11.7. The Balaban J connectivity index is 1.95. The fourth-order valence-electron chi connectivity index (χ4n) is 2.65. The fraction of sp³-hybridized carbons (Fsp3) is 0.188. The fourth-order valence-corrected chi connectivity index (χ4v) is 2.65. The van der Waals surface area contributed by atoms with Gasteiger partial charge in [0.1, 0.15) is 17.6 Å². The van der Waals surface area contributed by atoms with Crippen LogP contribution in [-0.4, -0.2) is 23.4 Å². The number of carbonyl (C=O) groups excluding carboxylic acids is 1. The number of hydrogen-bond donors (Lipinski definition) is 2. The number of rotatable bonds is 5. The van der Waals surface area contributed by atoms with Crippen molar-refractivity contribution < 1.29 is 14.5 Å². The molecule has 2 aromatic carbocycles. The molecule has 0 spiro atoms. The number of benzene rings is 2. The normalized spacial score (nSPS) is 19.2. The summed E-state index contributed by atoms with van der Waals surface area (Å²) in [7, 11) is 1.43. The summed E-state index contributed by atoms with van der Waals surface area (Å²) in [5, 5.41) is 12.4. The Labute approximate surface area is 138 Å². The number of methoxy groups -OCH3 is 1. The molecule has 0 radical (unpaired) electrons. The van der Waals surface area contributed by atoms with Gasteiger partial charge in [0.25, 0.3) is 5.69 Å². The summed E-state index contributed by atoms with van der Waals surface area (Å²) in [6.45, 7) is 1.77. The first-order valence-corrected chi connectivity index (χ1v) is 7.21. The van der Waals surface area contributed by atoms with Crippen molar-refractivity contribution in [2.24, 2.45) is 0 Å². The number of hydrazine groups is 2. The van der Waals surface area contributed by atoms with Crippen molar-refractivity contribution >= 4 is 23.3 Å². The number of anilines is 2. The van der Waals surface area contributed by atoms with Crippen molar-refractivity contribution in [2.75, 3.05) is 18.0 Å². The number of para-hydroxylation sites is 1. The average molecular weight is 328 g/mol. The van der Waals surface area contributed by atoms with E-state index in [1.807, 2.05) is 24.3 Å². The molecule has 8 heteroatoms. The van der Waals surface area contributed by atoms with E-state index in [0.29, 0.717) is 11.4 Å². The summed E-state index contributed by atoms with van der Waals surface area (Å²) < 4.78 is 5.22. The second-order valence-corrected chi connectivity index (χ2v) is 5.51. The van der Waals surface area contributed by atoms with E-state index >= 15 is 0 Å². The SMILES string of the molecule is COc1cc([N+](=O)[O-])ccc1NN1Nc2ccccc2C1(C)C=O. The van der Waals surface area contributed by atoms with Crippen LogP contribution in [0.3, 0.4) is 0 Å². The largest absolute Gasteiger partial charge is 0.494 e. The molecule has 0 aliphatic carbocycles. The molecule has 0 bridgehead atoms. The van der Waals surface area contributed by atoms with E-state index in [9.17, 15) is 14.9 Å². The van der Waals surface area contributed by atoms with Gasteiger partial charge in [0, 0.05) is 11.6 Å². The molecular weight excluding hydrogens is 312 g/mol. The van der Waals surface area contributed by atoms with E-state index in [0.717, 1.165) is 17.5 Å². The monoisotopic (exact) mass is 328 g/mol. The Hall–Kier alpha value is -3.13.